The van der Waals surface area contributed by atoms with Crippen molar-refractivity contribution in [3.63, 3.8) is 0 Å². The lowest BCUT2D eigenvalue weighted by Crippen LogP contribution is -2.13. The van der Waals surface area contributed by atoms with Crippen LogP contribution >= 0.6 is 11.6 Å². The molecule has 0 radical (unpaired) electrons. The number of hydrogen-bond acceptors (Lipinski definition) is 5. The van der Waals surface area contributed by atoms with Crippen molar-refractivity contribution < 1.29 is 18.4 Å². The lowest BCUT2D eigenvalue weighted by molar-refractivity contribution is -0.385. The van der Waals surface area contributed by atoms with Crippen molar-refractivity contribution in [3.8, 4) is 5.75 Å². The molecular weight excluding hydrogens is 332 g/mol. The molecule has 7 nitrogen and oxygen atoms in total. The summed E-state index contributed by atoms with van der Waals surface area (Å²) in [6, 6.07) is 7.40. The molecule has 0 fully saturated rings. The van der Waals surface area contributed by atoms with Crippen molar-refractivity contribution in [2.24, 2.45) is 0 Å². The van der Waals surface area contributed by atoms with Crippen LogP contribution in [0.25, 0.3) is 0 Å². The first-order valence-corrected chi connectivity index (χ1v) is 7.83. The summed E-state index contributed by atoms with van der Waals surface area (Å²) in [7, 11) is -4.01. The molecule has 2 rings (SSSR count). The zero-order valence-electron chi connectivity index (χ0n) is 11.3. The van der Waals surface area contributed by atoms with Crippen LogP contribution in [0.3, 0.4) is 0 Å². The van der Waals surface area contributed by atoms with Gasteiger partial charge < -0.3 is 5.11 Å². The molecule has 0 atom stereocenters. The molecule has 2 N–H and O–H groups in total. The second-order valence-electron chi connectivity index (χ2n) is 4.48. The Morgan fingerprint density at radius 2 is 1.91 bits per heavy atom. The van der Waals surface area contributed by atoms with E-state index >= 15 is 0 Å². The van der Waals surface area contributed by atoms with Gasteiger partial charge in [0.15, 0.2) is 0 Å². The van der Waals surface area contributed by atoms with Gasteiger partial charge in [0.05, 0.1) is 20.5 Å². The number of rotatable bonds is 4. The molecule has 0 unspecified atom stereocenters. The maximum Gasteiger partial charge on any atom is 0.273 e. The van der Waals surface area contributed by atoms with Crippen LogP contribution in [0.15, 0.2) is 41.3 Å². The maximum atomic E-state index is 12.2. The van der Waals surface area contributed by atoms with E-state index in [1.54, 1.807) is 0 Å². The van der Waals surface area contributed by atoms with E-state index in [0.29, 0.717) is 5.56 Å². The minimum Gasteiger partial charge on any atom is -0.506 e. The van der Waals surface area contributed by atoms with Crippen molar-refractivity contribution in [3.05, 3.63) is 57.1 Å². The molecule has 2 aromatic carbocycles. The number of nitrogens with one attached hydrogen (secondary N) is 1. The number of benzene rings is 2. The summed E-state index contributed by atoms with van der Waals surface area (Å²) in [6.45, 7) is 1.52. The van der Waals surface area contributed by atoms with Gasteiger partial charge in [-0.2, -0.15) is 0 Å². The number of halogens is 1. The molecule has 116 valence electrons. The SMILES string of the molecule is Cc1ccc(S(=O)(=O)Nc2ccc(O)c(Cl)c2)cc1[N+](=O)[O-]. The van der Waals surface area contributed by atoms with Crippen molar-refractivity contribution in [1.82, 2.24) is 0 Å². The summed E-state index contributed by atoms with van der Waals surface area (Å²) in [5, 5.41) is 20.2. The molecule has 0 aliphatic carbocycles. The number of phenolic OH excluding ortho intramolecular Hbond substituents is 1. The third kappa shape index (κ3) is 3.29. The average Bonchev–Trinajstić information content (AvgIpc) is 2.42. The lowest BCUT2D eigenvalue weighted by atomic mass is 10.2. The quantitative estimate of drug-likeness (QED) is 0.504. The van der Waals surface area contributed by atoms with E-state index in [1.807, 2.05) is 0 Å². The fourth-order valence-corrected chi connectivity index (χ4v) is 2.99. The summed E-state index contributed by atoms with van der Waals surface area (Å²) >= 11 is 5.70. The maximum absolute atomic E-state index is 12.2. The highest BCUT2D eigenvalue weighted by Crippen LogP contribution is 2.28. The van der Waals surface area contributed by atoms with Gasteiger partial charge >= 0.3 is 0 Å². The van der Waals surface area contributed by atoms with E-state index in [4.69, 9.17) is 11.6 Å². The minimum atomic E-state index is -4.01. The fourth-order valence-electron chi connectivity index (χ4n) is 1.74. The molecular formula is C13H11ClN2O5S. The molecule has 0 bridgehead atoms. The van der Waals surface area contributed by atoms with Crippen molar-refractivity contribution in [2.45, 2.75) is 11.8 Å². The second-order valence-corrected chi connectivity index (χ2v) is 6.57. The van der Waals surface area contributed by atoms with Crippen LogP contribution in [-0.4, -0.2) is 18.4 Å². The number of hydrogen-bond donors (Lipinski definition) is 2. The Kier molecular flexibility index (Phi) is 4.25. The smallest absolute Gasteiger partial charge is 0.273 e. The first-order valence-electron chi connectivity index (χ1n) is 5.97. The van der Waals surface area contributed by atoms with E-state index in [1.165, 1.54) is 37.3 Å². The monoisotopic (exact) mass is 342 g/mol. The summed E-state index contributed by atoms with van der Waals surface area (Å²) in [4.78, 5) is 10.00. The van der Waals surface area contributed by atoms with Gasteiger partial charge in [-0.05, 0) is 31.2 Å². The highest BCUT2D eigenvalue weighted by molar-refractivity contribution is 7.92. The zero-order valence-corrected chi connectivity index (χ0v) is 12.9. The minimum absolute atomic E-state index is 0.0184. The molecule has 0 saturated carbocycles. The number of aromatic hydroxyl groups is 1. The van der Waals surface area contributed by atoms with Gasteiger partial charge in [0.25, 0.3) is 15.7 Å². The van der Waals surface area contributed by atoms with Gasteiger partial charge in [0, 0.05) is 11.6 Å². The average molecular weight is 343 g/mol. The molecule has 0 aliphatic heterocycles. The number of phenols is 1. The molecule has 0 spiro atoms. The highest BCUT2D eigenvalue weighted by atomic mass is 35.5. The molecule has 22 heavy (non-hydrogen) atoms. The number of anilines is 1. The Labute approximate surface area is 131 Å². The Hall–Kier alpha value is -2.32. The van der Waals surface area contributed by atoms with E-state index in [2.05, 4.69) is 4.72 Å². The third-order valence-corrected chi connectivity index (χ3v) is 4.57. The topological polar surface area (TPSA) is 110 Å². The van der Waals surface area contributed by atoms with Crippen LogP contribution in [0.1, 0.15) is 5.56 Å². The largest absolute Gasteiger partial charge is 0.506 e. The molecule has 9 heteroatoms. The predicted octanol–water partition coefficient (Wildman–Crippen LogP) is 3.06. The summed E-state index contributed by atoms with van der Waals surface area (Å²) in [5.41, 5.74) is 0.203. The van der Waals surface area contributed by atoms with E-state index in [0.717, 1.165) is 6.07 Å². The number of aryl methyl sites for hydroxylation is 1. The molecule has 0 amide bonds. The van der Waals surface area contributed by atoms with Crippen LogP contribution < -0.4 is 4.72 Å². The number of nitro groups is 1. The van der Waals surface area contributed by atoms with Crippen molar-refractivity contribution in [1.29, 1.82) is 0 Å². The summed E-state index contributed by atoms with van der Waals surface area (Å²) in [6.07, 6.45) is 0. The highest BCUT2D eigenvalue weighted by Gasteiger charge is 2.20. The Morgan fingerprint density at radius 1 is 1.23 bits per heavy atom. The van der Waals surface area contributed by atoms with Crippen LogP contribution in [0, 0.1) is 17.0 Å². The summed E-state index contributed by atoms with van der Waals surface area (Å²) in [5.74, 6) is -0.185. The van der Waals surface area contributed by atoms with Gasteiger partial charge in [-0.1, -0.05) is 17.7 Å². The third-order valence-electron chi connectivity index (χ3n) is 2.89. The Balaban J connectivity index is 2.40. The zero-order chi connectivity index (χ0) is 16.5. The van der Waals surface area contributed by atoms with Crippen molar-refractivity contribution >= 4 is 33.0 Å². The van der Waals surface area contributed by atoms with Crippen LogP contribution in [-0.2, 0) is 10.0 Å². The van der Waals surface area contributed by atoms with Crippen LogP contribution in [0.2, 0.25) is 5.02 Å². The molecule has 0 aliphatic rings. The number of nitrogens with zero attached hydrogens (tertiary/aromatic N) is 1. The number of sulfonamides is 1. The molecule has 2 aromatic rings. The van der Waals surface area contributed by atoms with Crippen molar-refractivity contribution in [2.75, 3.05) is 4.72 Å². The van der Waals surface area contributed by atoms with Crippen LogP contribution in [0.4, 0.5) is 11.4 Å². The Bertz CT molecular complexity index is 852. The first-order chi connectivity index (χ1) is 10.2. The van der Waals surface area contributed by atoms with E-state index in [9.17, 15) is 23.6 Å². The second kappa shape index (κ2) is 5.82. The first kappa shape index (κ1) is 16.1. The fraction of sp³-hybridized carbons (Fsp3) is 0.0769. The van der Waals surface area contributed by atoms with Gasteiger partial charge in [-0.3, -0.25) is 14.8 Å². The molecule has 0 saturated heterocycles. The van der Waals surface area contributed by atoms with Crippen LogP contribution in [0.5, 0.6) is 5.75 Å². The van der Waals surface area contributed by atoms with Gasteiger partial charge in [0.1, 0.15) is 5.75 Å². The number of nitro benzene ring substituents is 1. The molecule has 0 aromatic heterocycles. The van der Waals surface area contributed by atoms with Gasteiger partial charge in [-0.15, -0.1) is 0 Å². The van der Waals surface area contributed by atoms with Gasteiger partial charge in [-0.25, -0.2) is 8.42 Å². The Morgan fingerprint density at radius 3 is 2.50 bits per heavy atom. The standard InChI is InChI=1S/C13H11ClN2O5S/c1-8-2-4-10(7-12(8)16(18)19)22(20,21)15-9-3-5-13(17)11(14)6-9/h2-7,15,17H,1H3. The normalized spacial score (nSPS) is 11.2. The van der Waals surface area contributed by atoms with E-state index in [-0.39, 0.29) is 27.0 Å². The molecule has 0 heterocycles. The summed E-state index contributed by atoms with van der Waals surface area (Å²) < 4.78 is 26.7. The lowest BCUT2D eigenvalue weighted by Gasteiger charge is -2.09. The predicted molar refractivity (Wildman–Crippen MR) is 81.8 cm³/mol. The van der Waals surface area contributed by atoms with E-state index < -0.39 is 14.9 Å². The van der Waals surface area contributed by atoms with Gasteiger partial charge in [0.2, 0.25) is 0 Å².